The van der Waals surface area contributed by atoms with Gasteiger partial charge in [0.25, 0.3) is 0 Å². The highest BCUT2D eigenvalue weighted by molar-refractivity contribution is 7.18. The monoisotopic (exact) mass is 260 g/mol. The first-order valence-corrected chi connectivity index (χ1v) is 7.61. The summed E-state index contributed by atoms with van der Waals surface area (Å²) in [5.74, 6) is 0.778. The van der Waals surface area contributed by atoms with Gasteiger partial charge in [-0.2, -0.15) is 0 Å². The van der Waals surface area contributed by atoms with Crippen molar-refractivity contribution in [3.05, 3.63) is 28.3 Å². The minimum atomic E-state index is 0.778. The van der Waals surface area contributed by atoms with Gasteiger partial charge >= 0.3 is 0 Å². The molecule has 1 unspecified atom stereocenters. The van der Waals surface area contributed by atoms with E-state index in [0.717, 1.165) is 18.9 Å². The van der Waals surface area contributed by atoms with Crippen LogP contribution in [0.1, 0.15) is 29.0 Å². The fourth-order valence-electron chi connectivity index (χ4n) is 2.85. The SMILES string of the molecule is Cc1cc(C)c2nc(CC3CCCNC3)sc2c1. The van der Waals surface area contributed by atoms with Crippen molar-refractivity contribution < 1.29 is 0 Å². The van der Waals surface area contributed by atoms with E-state index in [1.807, 2.05) is 11.3 Å². The van der Waals surface area contributed by atoms with E-state index in [9.17, 15) is 0 Å². The van der Waals surface area contributed by atoms with Crippen LogP contribution in [0, 0.1) is 19.8 Å². The van der Waals surface area contributed by atoms with E-state index in [0.29, 0.717) is 0 Å². The number of nitrogens with one attached hydrogen (secondary N) is 1. The van der Waals surface area contributed by atoms with Crippen LogP contribution in [0.5, 0.6) is 0 Å². The molecule has 1 aromatic carbocycles. The highest BCUT2D eigenvalue weighted by Crippen LogP contribution is 2.28. The zero-order valence-electron chi connectivity index (χ0n) is 11.1. The third-order valence-electron chi connectivity index (χ3n) is 3.74. The number of aromatic nitrogens is 1. The second kappa shape index (κ2) is 4.98. The Labute approximate surface area is 112 Å². The minimum absolute atomic E-state index is 0.778. The number of rotatable bonds is 2. The summed E-state index contributed by atoms with van der Waals surface area (Å²) >= 11 is 1.88. The summed E-state index contributed by atoms with van der Waals surface area (Å²) in [5, 5.41) is 4.80. The predicted octanol–water partition coefficient (Wildman–Crippen LogP) is 3.46. The number of hydrogen-bond donors (Lipinski definition) is 1. The molecule has 2 heterocycles. The van der Waals surface area contributed by atoms with Crippen LogP contribution in [-0.4, -0.2) is 18.1 Å². The van der Waals surface area contributed by atoms with Gasteiger partial charge in [-0.1, -0.05) is 6.07 Å². The van der Waals surface area contributed by atoms with Gasteiger partial charge in [-0.25, -0.2) is 4.98 Å². The van der Waals surface area contributed by atoms with Gasteiger partial charge in [0.15, 0.2) is 0 Å². The molecule has 96 valence electrons. The third kappa shape index (κ3) is 2.43. The molecule has 1 aromatic heterocycles. The highest BCUT2D eigenvalue weighted by atomic mass is 32.1. The predicted molar refractivity (Wildman–Crippen MR) is 78.4 cm³/mol. The topological polar surface area (TPSA) is 24.9 Å². The molecule has 2 nitrogen and oxygen atoms in total. The van der Waals surface area contributed by atoms with E-state index in [1.54, 1.807) is 0 Å². The molecule has 2 aromatic rings. The van der Waals surface area contributed by atoms with Gasteiger partial charge in [0.2, 0.25) is 0 Å². The van der Waals surface area contributed by atoms with Crippen LogP contribution in [0.2, 0.25) is 0 Å². The highest BCUT2D eigenvalue weighted by Gasteiger charge is 2.16. The second-order valence-electron chi connectivity index (χ2n) is 5.45. The van der Waals surface area contributed by atoms with Gasteiger partial charge < -0.3 is 5.32 Å². The molecule has 18 heavy (non-hydrogen) atoms. The van der Waals surface area contributed by atoms with Crippen LogP contribution in [0.4, 0.5) is 0 Å². The normalized spacial score (nSPS) is 20.4. The largest absolute Gasteiger partial charge is 0.316 e. The van der Waals surface area contributed by atoms with Crippen LogP contribution < -0.4 is 5.32 Å². The summed E-state index contributed by atoms with van der Waals surface area (Å²) < 4.78 is 1.35. The standard InChI is InChI=1S/C15H20N2S/c1-10-6-11(2)15-13(7-10)18-14(17-15)8-12-4-3-5-16-9-12/h6-7,12,16H,3-5,8-9H2,1-2H3. The Balaban J connectivity index is 1.86. The molecule has 1 fully saturated rings. The summed E-state index contributed by atoms with van der Waals surface area (Å²) in [7, 11) is 0. The Bertz CT molecular complexity index is 553. The van der Waals surface area contributed by atoms with Gasteiger partial charge in [0, 0.05) is 6.42 Å². The lowest BCUT2D eigenvalue weighted by Crippen LogP contribution is -2.30. The maximum absolute atomic E-state index is 4.84. The number of thiazole rings is 1. The first kappa shape index (κ1) is 12.1. The lowest BCUT2D eigenvalue weighted by molar-refractivity contribution is 0.376. The van der Waals surface area contributed by atoms with Crippen molar-refractivity contribution in [1.29, 1.82) is 0 Å². The molecule has 3 rings (SSSR count). The number of fused-ring (bicyclic) bond motifs is 1. The molecule has 0 spiro atoms. The maximum atomic E-state index is 4.84. The molecule has 1 atom stereocenters. The number of piperidine rings is 1. The molecule has 0 saturated carbocycles. The molecule has 3 heteroatoms. The number of hydrogen-bond acceptors (Lipinski definition) is 3. The van der Waals surface area contributed by atoms with Crippen LogP contribution in [0.15, 0.2) is 12.1 Å². The van der Waals surface area contributed by atoms with Crippen molar-refractivity contribution in [2.45, 2.75) is 33.1 Å². The smallest absolute Gasteiger partial charge is 0.0941 e. The van der Waals surface area contributed by atoms with Gasteiger partial charge in [-0.15, -0.1) is 11.3 Å². The Kier molecular flexibility index (Phi) is 3.35. The lowest BCUT2D eigenvalue weighted by Gasteiger charge is -2.21. The zero-order valence-corrected chi connectivity index (χ0v) is 11.9. The Morgan fingerprint density at radius 3 is 3.06 bits per heavy atom. The van der Waals surface area contributed by atoms with Crippen molar-refractivity contribution in [2.75, 3.05) is 13.1 Å². The van der Waals surface area contributed by atoms with Crippen LogP contribution >= 0.6 is 11.3 Å². The summed E-state index contributed by atoms with van der Waals surface area (Å²) in [4.78, 5) is 4.84. The van der Waals surface area contributed by atoms with Gasteiger partial charge in [0.05, 0.1) is 15.2 Å². The molecule has 0 radical (unpaired) electrons. The second-order valence-corrected chi connectivity index (χ2v) is 6.57. The van der Waals surface area contributed by atoms with Gasteiger partial charge in [0.1, 0.15) is 0 Å². The lowest BCUT2D eigenvalue weighted by atomic mass is 9.97. The van der Waals surface area contributed by atoms with E-state index < -0.39 is 0 Å². The first-order valence-electron chi connectivity index (χ1n) is 6.80. The van der Waals surface area contributed by atoms with Crippen molar-refractivity contribution >= 4 is 21.6 Å². The average molecular weight is 260 g/mol. The third-order valence-corrected chi connectivity index (χ3v) is 4.76. The summed E-state index contributed by atoms with van der Waals surface area (Å²) in [6.45, 7) is 6.68. The fourth-order valence-corrected chi connectivity index (χ4v) is 4.11. The maximum Gasteiger partial charge on any atom is 0.0941 e. The Morgan fingerprint density at radius 1 is 1.39 bits per heavy atom. The number of benzene rings is 1. The first-order chi connectivity index (χ1) is 8.72. The van der Waals surface area contributed by atoms with E-state index in [2.05, 4.69) is 31.3 Å². The summed E-state index contributed by atoms with van der Waals surface area (Å²) in [5.41, 5.74) is 3.87. The van der Waals surface area contributed by atoms with Crippen molar-refractivity contribution in [2.24, 2.45) is 5.92 Å². The van der Waals surface area contributed by atoms with E-state index in [-0.39, 0.29) is 0 Å². The van der Waals surface area contributed by atoms with Crippen LogP contribution in [0.3, 0.4) is 0 Å². The molecule has 1 saturated heterocycles. The fraction of sp³-hybridized carbons (Fsp3) is 0.533. The van der Waals surface area contributed by atoms with Crippen molar-refractivity contribution in [3.8, 4) is 0 Å². The van der Waals surface area contributed by atoms with Gasteiger partial charge in [-0.3, -0.25) is 0 Å². The molecule has 1 aliphatic rings. The summed E-state index contributed by atoms with van der Waals surface area (Å²) in [6.07, 6.45) is 3.81. The number of aryl methyl sites for hydroxylation is 2. The Morgan fingerprint density at radius 2 is 2.28 bits per heavy atom. The molecule has 1 N–H and O–H groups in total. The Hall–Kier alpha value is -0.930. The molecular weight excluding hydrogens is 240 g/mol. The van der Waals surface area contributed by atoms with Crippen molar-refractivity contribution in [3.63, 3.8) is 0 Å². The van der Waals surface area contributed by atoms with E-state index in [1.165, 1.54) is 45.7 Å². The molecule has 1 aliphatic heterocycles. The summed E-state index contributed by atoms with van der Waals surface area (Å²) in [6, 6.07) is 4.50. The van der Waals surface area contributed by atoms with Crippen molar-refractivity contribution in [1.82, 2.24) is 10.3 Å². The number of nitrogens with zero attached hydrogens (tertiary/aromatic N) is 1. The molecule has 0 aliphatic carbocycles. The quantitative estimate of drug-likeness (QED) is 0.894. The molecule has 0 bridgehead atoms. The van der Waals surface area contributed by atoms with E-state index in [4.69, 9.17) is 4.98 Å². The minimum Gasteiger partial charge on any atom is -0.316 e. The van der Waals surface area contributed by atoms with Crippen LogP contribution in [-0.2, 0) is 6.42 Å². The van der Waals surface area contributed by atoms with E-state index >= 15 is 0 Å². The van der Waals surface area contributed by atoms with Gasteiger partial charge in [-0.05, 0) is 62.9 Å². The zero-order chi connectivity index (χ0) is 12.5. The average Bonchev–Trinajstić information content (AvgIpc) is 2.73. The molecule has 0 amide bonds. The molecular formula is C15H20N2S. The van der Waals surface area contributed by atoms with Crippen LogP contribution in [0.25, 0.3) is 10.2 Å².